The van der Waals surface area contributed by atoms with E-state index in [1.54, 1.807) is 6.92 Å². The van der Waals surface area contributed by atoms with E-state index in [-0.39, 0.29) is 29.2 Å². The summed E-state index contributed by atoms with van der Waals surface area (Å²) in [6, 6.07) is 9.92. The van der Waals surface area contributed by atoms with Gasteiger partial charge in [-0.3, -0.25) is 4.79 Å². The van der Waals surface area contributed by atoms with E-state index >= 15 is 0 Å². The molecule has 0 atom stereocenters. The van der Waals surface area contributed by atoms with Crippen LogP contribution in [0.4, 0.5) is 22.0 Å². The number of alkyl halides is 5. The van der Waals surface area contributed by atoms with Crippen LogP contribution in [0.5, 0.6) is 0 Å². The first-order valence-corrected chi connectivity index (χ1v) is 11.9. The van der Waals surface area contributed by atoms with Gasteiger partial charge in [0, 0.05) is 13.5 Å². The average molecular weight is 510 g/mol. The number of sulfone groups is 1. The van der Waals surface area contributed by atoms with Gasteiger partial charge in [0.05, 0.1) is 33.2 Å². The zero-order chi connectivity index (χ0) is 25.8. The number of pyridine rings is 1. The Kier molecular flexibility index (Phi) is 5.95. The Balaban J connectivity index is 1.64. The maximum Gasteiger partial charge on any atom is 0.416 e. The summed E-state index contributed by atoms with van der Waals surface area (Å²) in [7, 11) is -4.28. The summed E-state index contributed by atoms with van der Waals surface area (Å²) in [6.45, 7) is 2.32. The molecule has 1 aromatic heterocycles. The molecule has 1 aliphatic heterocycles. The molecule has 2 heterocycles. The monoisotopic (exact) mass is 510 g/mol. The minimum Gasteiger partial charge on any atom is -0.328 e. The predicted molar refractivity (Wildman–Crippen MR) is 115 cm³/mol. The Morgan fingerprint density at radius 3 is 2.31 bits per heavy atom. The predicted octanol–water partition coefficient (Wildman–Crippen LogP) is 5.51. The van der Waals surface area contributed by atoms with Gasteiger partial charge in [-0.2, -0.15) is 22.0 Å². The van der Waals surface area contributed by atoms with Gasteiger partial charge in [0.2, 0.25) is 9.84 Å². The molecular weight excluding hydrogens is 491 g/mol. The van der Waals surface area contributed by atoms with Gasteiger partial charge in [0.25, 0.3) is 11.8 Å². The van der Waals surface area contributed by atoms with Crippen molar-refractivity contribution in [1.29, 1.82) is 0 Å². The number of aromatic nitrogens is 1. The lowest BCUT2D eigenvalue weighted by Gasteiger charge is -2.18. The van der Waals surface area contributed by atoms with Crippen LogP contribution in [-0.2, 0) is 35.0 Å². The van der Waals surface area contributed by atoms with E-state index in [0.717, 1.165) is 24.3 Å². The van der Waals surface area contributed by atoms with Gasteiger partial charge in [-0.1, -0.05) is 12.1 Å². The Bertz CT molecular complexity index is 1430. The maximum atomic E-state index is 13.6. The molecule has 4 rings (SSSR count). The highest BCUT2D eigenvalue weighted by atomic mass is 32.2. The smallest absolute Gasteiger partial charge is 0.328 e. The molecule has 0 bridgehead atoms. The summed E-state index contributed by atoms with van der Waals surface area (Å²) in [5.74, 6) is -3.61. The molecular formula is C24H19F5N2O3S. The molecule has 0 fully saturated rings. The molecule has 11 heteroatoms. The molecule has 2 aromatic carbocycles. The fourth-order valence-electron chi connectivity index (χ4n) is 3.78. The Morgan fingerprint density at radius 2 is 1.66 bits per heavy atom. The van der Waals surface area contributed by atoms with Crippen LogP contribution in [-0.4, -0.2) is 24.2 Å². The molecule has 0 saturated carbocycles. The molecule has 0 saturated heterocycles. The molecule has 1 aliphatic rings. The van der Waals surface area contributed by atoms with Gasteiger partial charge >= 0.3 is 6.18 Å². The van der Waals surface area contributed by atoms with Crippen molar-refractivity contribution in [3.63, 3.8) is 0 Å². The lowest BCUT2D eigenvalue weighted by Crippen LogP contribution is -2.24. The van der Waals surface area contributed by atoms with Crippen molar-refractivity contribution in [3.05, 3.63) is 88.2 Å². The lowest BCUT2D eigenvalue weighted by molar-refractivity contribution is -0.137. The van der Waals surface area contributed by atoms with Gasteiger partial charge in [0.1, 0.15) is 5.69 Å². The summed E-state index contributed by atoms with van der Waals surface area (Å²) in [4.78, 5) is 17.3. The quantitative estimate of drug-likeness (QED) is 0.425. The number of hydrogen-bond donors (Lipinski definition) is 0. The number of amides is 1. The highest BCUT2D eigenvalue weighted by Gasteiger charge is 2.34. The van der Waals surface area contributed by atoms with Crippen LogP contribution in [0, 0.1) is 6.92 Å². The van der Waals surface area contributed by atoms with Gasteiger partial charge < -0.3 is 4.90 Å². The van der Waals surface area contributed by atoms with Gasteiger partial charge in [-0.25, -0.2) is 13.4 Å². The van der Waals surface area contributed by atoms with Crippen LogP contribution in [0.1, 0.15) is 45.4 Å². The zero-order valence-corrected chi connectivity index (χ0v) is 19.3. The fourth-order valence-corrected chi connectivity index (χ4v) is 5.13. The van der Waals surface area contributed by atoms with Crippen molar-refractivity contribution in [2.75, 3.05) is 0 Å². The highest BCUT2D eigenvalue weighted by Crippen LogP contribution is 2.33. The minimum atomic E-state index is -4.70. The fraction of sp³-hybridized carbons (Fsp3) is 0.250. The Hall–Kier alpha value is -3.34. The second-order valence-electron chi connectivity index (χ2n) is 8.36. The molecule has 35 heavy (non-hydrogen) atoms. The number of benzene rings is 2. The molecule has 0 radical (unpaired) electrons. The average Bonchev–Trinajstić information content (AvgIpc) is 3.08. The number of carbonyl (C=O) groups is 1. The molecule has 0 N–H and O–H groups in total. The van der Waals surface area contributed by atoms with Gasteiger partial charge in [0.15, 0.2) is 0 Å². The third-order valence-corrected chi connectivity index (χ3v) is 7.50. The van der Waals surface area contributed by atoms with Gasteiger partial charge in [-0.15, -0.1) is 0 Å². The van der Waals surface area contributed by atoms with E-state index < -0.39 is 44.0 Å². The standard InChI is InChI=1S/C24H19F5N2O3S/c1-14-6-7-18(35(33,34)17-5-3-4-16(11-17)24(27,28)29)10-15(14)12-31-13-20-19(22(31)32)8-9-21(30-20)23(2,25)26/h3-11H,12-13H2,1-2H3. The minimum absolute atomic E-state index is 0.0369. The van der Waals surface area contributed by atoms with E-state index in [0.29, 0.717) is 24.1 Å². The first-order chi connectivity index (χ1) is 16.2. The van der Waals surface area contributed by atoms with Crippen molar-refractivity contribution in [2.24, 2.45) is 0 Å². The molecule has 0 unspecified atom stereocenters. The molecule has 3 aromatic rings. The van der Waals surface area contributed by atoms with Crippen LogP contribution >= 0.6 is 0 Å². The van der Waals surface area contributed by atoms with Crippen molar-refractivity contribution in [1.82, 2.24) is 9.88 Å². The van der Waals surface area contributed by atoms with Crippen LogP contribution in [0.15, 0.2) is 64.4 Å². The Labute approximate surface area is 198 Å². The number of fused-ring (bicyclic) bond motifs is 1. The number of nitrogens with zero attached hydrogens (tertiary/aromatic N) is 2. The van der Waals surface area contributed by atoms with Crippen molar-refractivity contribution in [2.45, 2.75) is 48.8 Å². The summed E-state index contributed by atoms with van der Waals surface area (Å²) >= 11 is 0. The van der Waals surface area contributed by atoms with Gasteiger partial charge in [-0.05, 0) is 60.5 Å². The van der Waals surface area contributed by atoms with E-state index in [4.69, 9.17) is 0 Å². The molecule has 5 nitrogen and oxygen atoms in total. The van der Waals surface area contributed by atoms with Crippen LogP contribution in [0.3, 0.4) is 0 Å². The Morgan fingerprint density at radius 1 is 0.971 bits per heavy atom. The van der Waals surface area contributed by atoms with Crippen molar-refractivity contribution in [3.8, 4) is 0 Å². The van der Waals surface area contributed by atoms with E-state index in [1.807, 2.05) is 0 Å². The highest BCUT2D eigenvalue weighted by molar-refractivity contribution is 7.91. The molecule has 0 aliphatic carbocycles. The number of carbonyl (C=O) groups excluding carboxylic acids is 1. The van der Waals surface area contributed by atoms with Crippen LogP contribution in [0.2, 0.25) is 0 Å². The SMILES string of the molecule is Cc1ccc(S(=O)(=O)c2cccc(C(F)(F)F)c2)cc1CN1Cc2nc(C(C)(F)F)ccc2C1=O. The summed E-state index contributed by atoms with van der Waals surface area (Å²) in [6.07, 6.45) is -4.70. The maximum absolute atomic E-state index is 13.6. The normalized spacial score (nSPS) is 14.4. The van der Waals surface area contributed by atoms with Crippen molar-refractivity contribution < 1.29 is 35.2 Å². The van der Waals surface area contributed by atoms with Crippen molar-refractivity contribution >= 4 is 15.7 Å². The molecule has 1 amide bonds. The summed E-state index contributed by atoms with van der Waals surface area (Å²) in [5, 5.41) is 0. The second-order valence-corrected chi connectivity index (χ2v) is 10.3. The summed E-state index contributed by atoms with van der Waals surface area (Å²) < 4.78 is 92.6. The van der Waals surface area contributed by atoms with E-state index in [9.17, 15) is 35.2 Å². The van der Waals surface area contributed by atoms with Crippen LogP contribution in [0.25, 0.3) is 0 Å². The number of hydrogen-bond acceptors (Lipinski definition) is 4. The number of halogens is 5. The first kappa shape index (κ1) is 24.8. The first-order valence-electron chi connectivity index (χ1n) is 10.4. The second kappa shape index (κ2) is 8.40. The topological polar surface area (TPSA) is 67.3 Å². The zero-order valence-electron chi connectivity index (χ0n) is 18.5. The lowest BCUT2D eigenvalue weighted by atomic mass is 10.1. The van der Waals surface area contributed by atoms with E-state index in [1.165, 1.54) is 29.2 Å². The third kappa shape index (κ3) is 4.77. The third-order valence-electron chi connectivity index (χ3n) is 5.75. The number of aryl methyl sites for hydroxylation is 1. The molecule has 184 valence electrons. The summed E-state index contributed by atoms with van der Waals surface area (Å²) in [5.41, 5.74) is -0.0827. The number of rotatable bonds is 5. The van der Waals surface area contributed by atoms with Crippen LogP contribution < -0.4 is 0 Å². The molecule has 0 spiro atoms. The van der Waals surface area contributed by atoms with E-state index in [2.05, 4.69) is 4.98 Å². The largest absolute Gasteiger partial charge is 0.416 e.